The zero-order valence-corrected chi connectivity index (χ0v) is 14.4. The van der Waals surface area contributed by atoms with E-state index in [9.17, 15) is 13.2 Å². The largest absolute Gasteiger partial charge is 0.497 e. The average molecular weight is 363 g/mol. The van der Waals surface area contributed by atoms with Crippen LogP contribution < -0.4 is 14.4 Å². The van der Waals surface area contributed by atoms with Crippen LogP contribution in [0.25, 0.3) is 0 Å². The van der Waals surface area contributed by atoms with Gasteiger partial charge in [0.2, 0.25) is 0 Å². The van der Waals surface area contributed by atoms with Gasteiger partial charge in [0.1, 0.15) is 18.1 Å². The molecule has 1 aliphatic rings. The van der Waals surface area contributed by atoms with Crippen LogP contribution >= 0.6 is 0 Å². The highest BCUT2D eigenvalue weighted by Gasteiger charge is 2.31. The van der Waals surface area contributed by atoms with Crippen molar-refractivity contribution in [3.8, 4) is 11.5 Å². The van der Waals surface area contributed by atoms with Crippen LogP contribution in [0, 0.1) is 0 Å². The topological polar surface area (TPSA) is 21.7 Å². The van der Waals surface area contributed by atoms with Crippen LogP contribution in [-0.4, -0.2) is 13.7 Å². The van der Waals surface area contributed by atoms with Crippen molar-refractivity contribution in [2.24, 2.45) is 0 Å². The van der Waals surface area contributed by atoms with Crippen LogP contribution in [0.15, 0.2) is 54.7 Å². The molecule has 6 heteroatoms. The summed E-state index contributed by atoms with van der Waals surface area (Å²) < 4.78 is 50.1. The molecule has 0 unspecified atom stereocenters. The van der Waals surface area contributed by atoms with Gasteiger partial charge in [0.25, 0.3) is 0 Å². The average Bonchev–Trinajstić information content (AvgIpc) is 2.66. The van der Waals surface area contributed by atoms with Crippen LogP contribution in [0.5, 0.6) is 11.5 Å². The first-order chi connectivity index (χ1) is 12.5. The summed E-state index contributed by atoms with van der Waals surface area (Å²) in [5, 5.41) is 0. The molecule has 1 aliphatic heterocycles. The Morgan fingerprint density at radius 2 is 1.85 bits per heavy atom. The lowest BCUT2D eigenvalue weighted by Gasteiger charge is -2.26. The Morgan fingerprint density at radius 3 is 2.46 bits per heavy atom. The van der Waals surface area contributed by atoms with Crippen molar-refractivity contribution in [1.29, 1.82) is 0 Å². The molecule has 0 radical (unpaired) electrons. The fraction of sp³-hybridized carbons (Fsp3) is 0.300. The summed E-state index contributed by atoms with van der Waals surface area (Å²) in [5.74, 6) is 0.939. The number of rotatable bonds is 5. The van der Waals surface area contributed by atoms with E-state index in [4.69, 9.17) is 9.47 Å². The second kappa shape index (κ2) is 7.72. The van der Waals surface area contributed by atoms with E-state index in [1.54, 1.807) is 19.2 Å². The summed E-state index contributed by atoms with van der Waals surface area (Å²) in [4.78, 5) is 1.92. The third-order valence-corrected chi connectivity index (χ3v) is 4.21. The number of hydrogen-bond acceptors (Lipinski definition) is 3. The number of alkyl halides is 3. The van der Waals surface area contributed by atoms with Crippen LogP contribution in [0.1, 0.15) is 24.0 Å². The maximum absolute atomic E-state index is 13.1. The number of halogens is 3. The summed E-state index contributed by atoms with van der Waals surface area (Å²) in [6.45, 7) is 0.927. The highest BCUT2D eigenvalue weighted by Crippen LogP contribution is 2.38. The lowest BCUT2D eigenvalue weighted by molar-refractivity contribution is -0.137. The molecule has 3 rings (SSSR count). The summed E-state index contributed by atoms with van der Waals surface area (Å²) in [6, 6.07) is 10.9. The second-order valence-corrected chi connectivity index (χ2v) is 6.04. The molecule has 0 aliphatic carbocycles. The van der Waals surface area contributed by atoms with Gasteiger partial charge in [-0.05, 0) is 48.7 Å². The molecule has 1 heterocycles. The van der Waals surface area contributed by atoms with Gasteiger partial charge in [0, 0.05) is 12.7 Å². The van der Waals surface area contributed by atoms with Gasteiger partial charge in [-0.15, -0.1) is 0 Å². The molecule has 0 bridgehead atoms. The minimum absolute atomic E-state index is 0.176. The fourth-order valence-electron chi connectivity index (χ4n) is 2.78. The van der Waals surface area contributed by atoms with Crippen molar-refractivity contribution in [3.05, 3.63) is 65.9 Å². The van der Waals surface area contributed by atoms with Crippen molar-refractivity contribution in [2.75, 3.05) is 18.6 Å². The first-order valence-corrected chi connectivity index (χ1v) is 8.37. The first kappa shape index (κ1) is 18.2. The van der Waals surface area contributed by atoms with Gasteiger partial charge < -0.3 is 14.4 Å². The lowest BCUT2D eigenvalue weighted by Crippen LogP contribution is -2.21. The van der Waals surface area contributed by atoms with E-state index >= 15 is 0 Å². The van der Waals surface area contributed by atoms with E-state index < -0.39 is 11.7 Å². The molecule has 3 nitrogen and oxygen atoms in total. The lowest BCUT2D eigenvalue weighted by atomic mass is 10.1. The Kier molecular flexibility index (Phi) is 5.40. The summed E-state index contributed by atoms with van der Waals surface area (Å²) in [6.07, 6.45) is 1.42. The van der Waals surface area contributed by atoms with Gasteiger partial charge in [-0.2, -0.15) is 13.2 Å². The maximum atomic E-state index is 13.1. The van der Waals surface area contributed by atoms with Gasteiger partial charge >= 0.3 is 6.18 Å². The van der Waals surface area contributed by atoms with Gasteiger partial charge in [0.15, 0.2) is 0 Å². The number of methoxy groups -OCH3 is 1. The normalized spacial score (nSPS) is 14.4. The molecular formula is C20H20F3NO2. The molecule has 0 spiro atoms. The van der Waals surface area contributed by atoms with Crippen LogP contribution in [0.3, 0.4) is 0 Å². The molecule has 0 atom stereocenters. The molecular weight excluding hydrogens is 343 g/mol. The summed E-state index contributed by atoms with van der Waals surface area (Å²) in [7, 11) is 1.58. The number of allylic oxidation sites excluding steroid dienone is 1. The number of anilines is 1. The maximum Gasteiger partial charge on any atom is 0.416 e. The van der Waals surface area contributed by atoms with Gasteiger partial charge in [-0.3, -0.25) is 0 Å². The molecule has 138 valence electrons. The van der Waals surface area contributed by atoms with Gasteiger partial charge in [0.05, 0.1) is 18.4 Å². The zero-order chi connectivity index (χ0) is 18.6. The molecule has 0 saturated heterocycles. The van der Waals surface area contributed by atoms with Crippen molar-refractivity contribution in [1.82, 2.24) is 0 Å². The molecule has 0 fully saturated rings. The zero-order valence-electron chi connectivity index (χ0n) is 14.4. The van der Waals surface area contributed by atoms with Crippen molar-refractivity contribution < 1.29 is 22.6 Å². The van der Waals surface area contributed by atoms with Crippen LogP contribution in [0.2, 0.25) is 0 Å². The van der Waals surface area contributed by atoms with E-state index in [-0.39, 0.29) is 12.4 Å². The number of hydrogen-bond donors (Lipinski definition) is 0. The number of nitrogens with zero attached hydrogens (tertiary/aromatic N) is 1. The second-order valence-electron chi connectivity index (χ2n) is 6.04. The van der Waals surface area contributed by atoms with Gasteiger partial charge in [-0.25, -0.2) is 0 Å². The van der Waals surface area contributed by atoms with E-state index in [1.165, 1.54) is 6.07 Å². The van der Waals surface area contributed by atoms with E-state index in [0.717, 1.165) is 37.1 Å². The third kappa shape index (κ3) is 4.31. The number of benzene rings is 2. The van der Waals surface area contributed by atoms with Crippen molar-refractivity contribution in [3.63, 3.8) is 0 Å². The smallest absolute Gasteiger partial charge is 0.416 e. The predicted molar refractivity (Wildman–Crippen MR) is 94.5 cm³/mol. The molecule has 26 heavy (non-hydrogen) atoms. The van der Waals surface area contributed by atoms with E-state index in [0.29, 0.717) is 11.4 Å². The Balaban J connectivity index is 1.85. The SMILES string of the molecule is COc1ccc(COc2cc(C(F)(F)F)ccc2N2C=CCCC2)cc1. The Morgan fingerprint density at radius 1 is 1.08 bits per heavy atom. The number of ether oxygens (including phenoxy) is 2. The first-order valence-electron chi connectivity index (χ1n) is 8.37. The molecule has 2 aromatic carbocycles. The Hall–Kier alpha value is -2.63. The van der Waals surface area contributed by atoms with Crippen molar-refractivity contribution in [2.45, 2.75) is 25.6 Å². The Labute approximate surface area is 150 Å². The molecule has 0 N–H and O–H groups in total. The molecule has 0 amide bonds. The molecule has 2 aromatic rings. The fourth-order valence-corrected chi connectivity index (χ4v) is 2.78. The predicted octanol–water partition coefficient (Wildman–Crippen LogP) is 5.41. The van der Waals surface area contributed by atoms with Gasteiger partial charge in [-0.1, -0.05) is 18.2 Å². The summed E-state index contributed by atoms with van der Waals surface area (Å²) >= 11 is 0. The van der Waals surface area contributed by atoms with Crippen LogP contribution in [-0.2, 0) is 12.8 Å². The standard InChI is InChI=1S/C20H20F3NO2/c1-25-17-8-5-15(6-9-17)14-26-19-13-16(20(21,22)23)7-10-18(19)24-11-3-2-4-12-24/h3,5-11,13H,2,4,12,14H2,1H3. The molecule has 0 aromatic heterocycles. The highest BCUT2D eigenvalue weighted by atomic mass is 19.4. The Bertz CT molecular complexity index is 770. The van der Waals surface area contributed by atoms with Crippen LogP contribution in [0.4, 0.5) is 18.9 Å². The van der Waals surface area contributed by atoms with Crippen molar-refractivity contribution >= 4 is 5.69 Å². The quantitative estimate of drug-likeness (QED) is 0.709. The highest BCUT2D eigenvalue weighted by molar-refractivity contribution is 5.62. The van der Waals surface area contributed by atoms with E-state index in [2.05, 4.69) is 0 Å². The molecule has 0 saturated carbocycles. The monoisotopic (exact) mass is 363 g/mol. The minimum Gasteiger partial charge on any atom is -0.497 e. The summed E-state index contributed by atoms with van der Waals surface area (Å²) in [5.41, 5.74) is 0.776. The third-order valence-electron chi connectivity index (χ3n) is 4.21. The minimum atomic E-state index is -4.41. The van der Waals surface area contributed by atoms with E-state index in [1.807, 2.05) is 29.3 Å².